The van der Waals surface area contributed by atoms with Crippen molar-refractivity contribution in [1.29, 1.82) is 0 Å². The Hall–Kier alpha value is -2.30. The van der Waals surface area contributed by atoms with Crippen molar-refractivity contribution < 1.29 is 19.4 Å². The molecule has 5 heteroatoms. The molecule has 0 saturated carbocycles. The zero-order valence-corrected chi connectivity index (χ0v) is 13.4. The molecule has 0 aromatic heterocycles. The molecule has 1 aliphatic carbocycles. The highest BCUT2D eigenvalue weighted by Gasteiger charge is 2.20. The number of hydrogen-bond acceptors (Lipinski definition) is 4. The van der Waals surface area contributed by atoms with E-state index >= 15 is 0 Å². The number of rotatable bonds is 6. The van der Waals surface area contributed by atoms with E-state index in [9.17, 15) is 14.7 Å². The number of hydrogen-bond donors (Lipinski definition) is 2. The van der Waals surface area contributed by atoms with E-state index < -0.39 is 12.1 Å². The van der Waals surface area contributed by atoms with Gasteiger partial charge in [-0.15, -0.1) is 0 Å². The van der Waals surface area contributed by atoms with E-state index in [1.807, 2.05) is 0 Å². The first-order valence-corrected chi connectivity index (χ1v) is 8.02. The lowest BCUT2D eigenvalue weighted by Crippen LogP contribution is -2.36. The Kier molecular flexibility index (Phi) is 6.20. The molecule has 1 atom stereocenters. The van der Waals surface area contributed by atoms with Crippen LogP contribution in [0.4, 0.5) is 0 Å². The fourth-order valence-corrected chi connectivity index (χ4v) is 2.55. The molecule has 0 saturated heterocycles. The van der Waals surface area contributed by atoms with Crippen LogP contribution in [-0.2, 0) is 9.53 Å². The molecule has 1 aromatic rings. The van der Waals surface area contributed by atoms with E-state index in [-0.39, 0.29) is 17.2 Å². The Labute approximate surface area is 136 Å². The topological polar surface area (TPSA) is 75.6 Å². The molecule has 0 fully saturated rings. The predicted octanol–water partition coefficient (Wildman–Crippen LogP) is 2.94. The largest absolute Gasteiger partial charge is 0.507 e. The molecule has 124 valence electrons. The summed E-state index contributed by atoms with van der Waals surface area (Å²) in [6.45, 7) is 2.07. The van der Waals surface area contributed by atoms with E-state index in [2.05, 4.69) is 11.4 Å². The van der Waals surface area contributed by atoms with Crippen molar-refractivity contribution in [3.8, 4) is 5.75 Å². The van der Waals surface area contributed by atoms with Crippen LogP contribution in [0.3, 0.4) is 0 Å². The SMILES string of the molecule is C[C@@H](OC(=O)c1ccccc1O)C(=O)NCCC1=CCCCC1. The zero-order chi connectivity index (χ0) is 16.7. The van der Waals surface area contributed by atoms with Crippen LogP contribution in [0.15, 0.2) is 35.9 Å². The minimum atomic E-state index is -0.901. The van der Waals surface area contributed by atoms with Gasteiger partial charge in [-0.25, -0.2) is 4.79 Å². The van der Waals surface area contributed by atoms with Gasteiger partial charge in [0, 0.05) is 6.54 Å². The molecule has 1 aromatic carbocycles. The molecule has 0 heterocycles. The number of nitrogens with one attached hydrogen (secondary N) is 1. The van der Waals surface area contributed by atoms with Gasteiger partial charge in [-0.05, 0) is 51.2 Å². The summed E-state index contributed by atoms with van der Waals surface area (Å²) in [4.78, 5) is 23.9. The summed E-state index contributed by atoms with van der Waals surface area (Å²) in [6, 6.07) is 6.10. The summed E-state index contributed by atoms with van der Waals surface area (Å²) in [7, 11) is 0. The number of aromatic hydroxyl groups is 1. The van der Waals surface area contributed by atoms with Gasteiger partial charge in [-0.2, -0.15) is 0 Å². The van der Waals surface area contributed by atoms with Gasteiger partial charge < -0.3 is 15.2 Å². The van der Waals surface area contributed by atoms with Crippen molar-refractivity contribution >= 4 is 11.9 Å². The highest BCUT2D eigenvalue weighted by molar-refractivity contribution is 5.94. The van der Waals surface area contributed by atoms with Gasteiger partial charge in [0.1, 0.15) is 11.3 Å². The third kappa shape index (κ3) is 5.13. The number of phenols is 1. The Balaban J connectivity index is 1.77. The minimum absolute atomic E-state index is 0.0551. The molecular weight excluding hydrogens is 294 g/mol. The maximum absolute atomic E-state index is 12.0. The molecule has 0 radical (unpaired) electrons. The lowest BCUT2D eigenvalue weighted by molar-refractivity contribution is -0.129. The molecule has 1 aliphatic rings. The maximum Gasteiger partial charge on any atom is 0.342 e. The Morgan fingerprint density at radius 2 is 2.09 bits per heavy atom. The number of carbonyl (C=O) groups excluding carboxylic acids is 2. The Bertz CT molecular complexity index is 594. The van der Waals surface area contributed by atoms with E-state index in [1.165, 1.54) is 37.5 Å². The van der Waals surface area contributed by atoms with E-state index in [4.69, 9.17) is 4.74 Å². The van der Waals surface area contributed by atoms with Gasteiger partial charge in [-0.3, -0.25) is 4.79 Å². The second kappa shape index (κ2) is 8.36. The number of carbonyl (C=O) groups is 2. The Morgan fingerprint density at radius 3 is 2.78 bits per heavy atom. The van der Waals surface area contributed by atoms with Crippen molar-refractivity contribution in [2.24, 2.45) is 0 Å². The second-order valence-corrected chi connectivity index (χ2v) is 5.71. The average Bonchev–Trinajstić information content (AvgIpc) is 2.56. The van der Waals surface area contributed by atoms with Crippen LogP contribution in [0.2, 0.25) is 0 Å². The summed E-state index contributed by atoms with van der Waals surface area (Å²) in [5.74, 6) is -1.19. The summed E-state index contributed by atoms with van der Waals surface area (Å²) >= 11 is 0. The van der Waals surface area contributed by atoms with Crippen molar-refractivity contribution in [1.82, 2.24) is 5.32 Å². The molecule has 1 amide bonds. The van der Waals surface area contributed by atoms with Gasteiger partial charge in [0.25, 0.3) is 5.91 Å². The molecule has 23 heavy (non-hydrogen) atoms. The second-order valence-electron chi connectivity index (χ2n) is 5.71. The van der Waals surface area contributed by atoms with E-state index in [1.54, 1.807) is 12.1 Å². The van der Waals surface area contributed by atoms with Crippen LogP contribution in [-0.4, -0.2) is 29.6 Å². The van der Waals surface area contributed by atoms with Crippen LogP contribution in [0.5, 0.6) is 5.75 Å². The minimum Gasteiger partial charge on any atom is -0.507 e. The smallest absolute Gasteiger partial charge is 0.342 e. The molecule has 0 unspecified atom stereocenters. The monoisotopic (exact) mass is 317 g/mol. The third-order valence-electron chi connectivity index (χ3n) is 3.91. The summed E-state index contributed by atoms with van der Waals surface area (Å²) in [5, 5.41) is 12.4. The van der Waals surface area contributed by atoms with Crippen LogP contribution in [0.1, 0.15) is 49.4 Å². The van der Waals surface area contributed by atoms with Gasteiger partial charge in [0.15, 0.2) is 6.10 Å². The maximum atomic E-state index is 12.0. The molecule has 2 N–H and O–H groups in total. The number of esters is 1. The van der Waals surface area contributed by atoms with E-state index in [0.717, 1.165) is 19.3 Å². The van der Waals surface area contributed by atoms with Crippen LogP contribution in [0, 0.1) is 0 Å². The molecule has 0 bridgehead atoms. The first kappa shape index (κ1) is 17.1. The summed E-state index contributed by atoms with van der Waals surface area (Å²) in [6.07, 6.45) is 6.88. The third-order valence-corrected chi connectivity index (χ3v) is 3.91. The predicted molar refractivity (Wildman–Crippen MR) is 87.2 cm³/mol. The van der Waals surface area contributed by atoms with Crippen molar-refractivity contribution in [3.05, 3.63) is 41.5 Å². The molecule has 2 rings (SSSR count). The fraction of sp³-hybridized carbons (Fsp3) is 0.444. The van der Waals surface area contributed by atoms with Crippen molar-refractivity contribution in [2.45, 2.75) is 45.1 Å². The highest BCUT2D eigenvalue weighted by atomic mass is 16.5. The average molecular weight is 317 g/mol. The van der Waals surface area contributed by atoms with Crippen molar-refractivity contribution in [3.63, 3.8) is 0 Å². The number of phenolic OH excluding ortho intramolecular Hbond substituents is 1. The summed E-state index contributed by atoms with van der Waals surface area (Å²) < 4.78 is 5.10. The molecule has 5 nitrogen and oxygen atoms in total. The van der Waals surface area contributed by atoms with E-state index in [0.29, 0.717) is 6.54 Å². The molecule has 0 aliphatic heterocycles. The lowest BCUT2D eigenvalue weighted by Gasteiger charge is -2.16. The van der Waals surface area contributed by atoms with Gasteiger partial charge in [0.05, 0.1) is 0 Å². The van der Waals surface area contributed by atoms with Gasteiger partial charge in [0.2, 0.25) is 0 Å². The number of benzene rings is 1. The Morgan fingerprint density at radius 1 is 1.30 bits per heavy atom. The fourth-order valence-electron chi connectivity index (χ4n) is 2.55. The van der Waals surface area contributed by atoms with Gasteiger partial charge in [-0.1, -0.05) is 23.8 Å². The van der Waals surface area contributed by atoms with Gasteiger partial charge >= 0.3 is 5.97 Å². The molecule has 0 spiro atoms. The highest BCUT2D eigenvalue weighted by Crippen LogP contribution is 2.19. The summed E-state index contributed by atoms with van der Waals surface area (Å²) in [5.41, 5.74) is 1.44. The number of para-hydroxylation sites is 1. The van der Waals surface area contributed by atoms with Crippen molar-refractivity contribution in [2.75, 3.05) is 6.54 Å². The normalized spacial score (nSPS) is 15.4. The van der Waals surface area contributed by atoms with Crippen LogP contribution >= 0.6 is 0 Å². The lowest BCUT2D eigenvalue weighted by atomic mass is 9.97. The number of ether oxygens (including phenoxy) is 1. The standard InChI is InChI=1S/C18H23NO4/c1-13(23-18(22)15-9-5-6-10-16(15)20)17(21)19-12-11-14-7-3-2-4-8-14/h5-7,9-10,13,20H,2-4,8,11-12H2,1H3,(H,19,21)/t13-/m1/s1. The first-order valence-electron chi connectivity index (χ1n) is 8.02. The number of allylic oxidation sites excluding steroid dienone is 1. The quantitative estimate of drug-likeness (QED) is 0.625. The first-order chi connectivity index (χ1) is 11.1. The van der Waals surface area contributed by atoms with Crippen LogP contribution in [0.25, 0.3) is 0 Å². The number of amides is 1. The zero-order valence-electron chi connectivity index (χ0n) is 13.4. The van der Waals surface area contributed by atoms with Crippen LogP contribution < -0.4 is 5.32 Å². The molecular formula is C18H23NO4.